The van der Waals surface area contributed by atoms with Gasteiger partial charge in [-0.05, 0) is 30.2 Å². The monoisotopic (exact) mass is 345 g/mol. The van der Waals surface area contributed by atoms with E-state index >= 15 is 0 Å². The van der Waals surface area contributed by atoms with Crippen LogP contribution in [0.25, 0.3) is 6.08 Å². The highest BCUT2D eigenvalue weighted by Crippen LogP contribution is 2.09. The van der Waals surface area contributed by atoms with Crippen LogP contribution in [0.15, 0.2) is 51.3 Å². The van der Waals surface area contributed by atoms with E-state index in [1.807, 2.05) is 0 Å². The molecule has 132 valence electrons. The van der Waals surface area contributed by atoms with Crippen LogP contribution in [0.3, 0.4) is 0 Å². The van der Waals surface area contributed by atoms with E-state index < -0.39 is 29.7 Å². The van der Waals surface area contributed by atoms with Crippen LogP contribution in [-0.2, 0) is 9.59 Å². The predicted octanol–water partition coefficient (Wildman–Crippen LogP) is 0.534. The summed E-state index contributed by atoms with van der Waals surface area (Å²) in [6.07, 6.45) is 3.99. The van der Waals surface area contributed by atoms with E-state index in [2.05, 4.69) is 10.6 Å². The first-order valence-corrected chi connectivity index (χ1v) is 7.50. The number of carbonyl (C=O) groups excluding carboxylic acids is 3. The summed E-state index contributed by atoms with van der Waals surface area (Å²) < 4.78 is 10.1. The van der Waals surface area contributed by atoms with Gasteiger partial charge < -0.3 is 29.4 Å². The Hall–Kier alpha value is -3.29. The lowest BCUT2D eigenvalue weighted by atomic mass is 10.0. The molecule has 1 atom stereocenters. The maximum absolute atomic E-state index is 12.4. The van der Waals surface area contributed by atoms with Gasteiger partial charge in [0.2, 0.25) is 0 Å². The lowest BCUT2D eigenvalue weighted by Crippen LogP contribution is -2.52. The maximum atomic E-state index is 12.4. The van der Waals surface area contributed by atoms with E-state index in [0.29, 0.717) is 5.76 Å². The zero-order chi connectivity index (χ0) is 18.4. The van der Waals surface area contributed by atoms with Gasteiger partial charge in [0.15, 0.2) is 5.76 Å². The third-order valence-electron chi connectivity index (χ3n) is 3.27. The molecule has 8 nitrogen and oxygen atoms in total. The second-order valence-corrected chi connectivity index (χ2v) is 5.52. The molecular weight excluding hydrogens is 328 g/mol. The molecular formula is C17H17N2O6-. The molecule has 0 bridgehead atoms. The highest BCUT2D eigenvalue weighted by atomic mass is 16.4. The number of rotatable bonds is 7. The number of carboxylic acid groups (broad SMARTS) is 1. The molecule has 2 heterocycles. The molecule has 0 radical (unpaired) electrons. The number of amides is 2. The molecule has 0 aliphatic heterocycles. The lowest BCUT2D eigenvalue weighted by Gasteiger charge is -2.23. The van der Waals surface area contributed by atoms with Crippen molar-refractivity contribution < 1.29 is 28.3 Å². The van der Waals surface area contributed by atoms with Crippen molar-refractivity contribution in [1.29, 1.82) is 0 Å². The van der Waals surface area contributed by atoms with Gasteiger partial charge in [-0.1, -0.05) is 13.8 Å². The molecule has 2 aromatic heterocycles. The number of carboxylic acids is 1. The average Bonchev–Trinajstić information content (AvgIpc) is 3.24. The third-order valence-corrected chi connectivity index (χ3v) is 3.27. The smallest absolute Gasteiger partial charge is 0.291 e. The second kappa shape index (κ2) is 8.00. The molecule has 0 saturated carbocycles. The van der Waals surface area contributed by atoms with E-state index in [1.165, 1.54) is 30.7 Å². The Bertz CT molecular complexity index is 759. The minimum atomic E-state index is -1.42. The van der Waals surface area contributed by atoms with Crippen LogP contribution in [0.4, 0.5) is 0 Å². The first kappa shape index (κ1) is 18.1. The molecule has 0 saturated heterocycles. The summed E-state index contributed by atoms with van der Waals surface area (Å²) in [5.74, 6) is -2.97. The average molecular weight is 345 g/mol. The van der Waals surface area contributed by atoms with Crippen molar-refractivity contribution in [2.45, 2.75) is 19.9 Å². The van der Waals surface area contributed by atoms with Gasteiger partial charge in [-0.2, -0.15) is 0 Å². The lowest BCUT2D eigenvalue weighted by molar-refractivity contribution is -0.309. The van der Waals surface area contributed by atoms with E-state index in [0.717, 1.165) is 0 Å². The molecule has 0 fully saturated rings. The number of furan rings is 2. The van der Waals surface area contributed by atoms with Crippen LogP contribution in [0.5, 0.6) is 0 Å². The molecule has 2 aromatic rings. The zero-order valence-corrected chi connectivity index (χ0v) is 13.6. The van der Waals surface area contributed by atoms with Gasteiger partial charge in [0.05, 0.1) is 24.5 Å². The molecule has 0 aliphatic carbocycles. The molecule has 2 N–H and O–H groups in total. The topological polar surface area (TPSA) is 125 Å². The largest absolute Gasteiger partial charge is 0.548 e. The minimum Gasteiger partial charge on any atom is -0.548 e. The summed E-state index contributed by atoms with van der Waals surface area (Å²) in [4.78, 5) is 35.7. The molecule has 0 spiro atoms. The Balaban J connectivity index is 2.23. The Morgan fingerprint density at radius 2 is 1.80 bits per heavy atom. The van der Waals surface area contributed by atoms with Crippen LogP contribution >= 0.6 is 0 Å². The van der Waals surface area contributed by atoms with Crippen LogP contribution in [0, 0.1) is 5.92 Å². The SMILES string of the molecule is CC(C)[C@H](NC(=O)/C(=C\c1ccco1)NC(=O)c1ccco1)C(=O)[O-]. The van der Waals surface area contributed by atoms with Crippen molar-refractivity contribution in [3.05, 3.63) is 54.0 Å². The Morgan fingerprint density at radius 1 is 1.12 bits per heavy atom. The molecule has 8 heteroatoms. The second-order valence-electron chi connectivity index (χ2n) is 5.52. The summed E-state index contributed by atoms with van der Waals surface area (Å²) in [7, 11) is 0. The molecule has 25 heavy (non-hydrogen) atoms. The summed E-state index contributed by atoms with van der Waals surface area (Å²) in [5, 5.41) is 15.9. The fourth-order valence-corrected chi connectivity index (χ4v) is 1.98. The Morgan fingerprint density at radius 3 is 2.32 bits per heavy atom. The van der Waals surface area contributed by atoms with Crippen molar-refractivity contribution in [2.24, 2.45) is 5.92 Å². The first-order chi connectivity index (χ1) is 11.9. The number of carbonyl (C=O) groups is 3. The van der Waals surface area contributed by atoms with Crippen LogP contribution in [0.2, 0.25) is 0 Å². The fourth-order valence-electron chi connectivity index (χ4n) is 1.98. The van der Waals surface area contributed by atoms with Gasteiger partial charge in [-0.25, -0.2) is 0 Å². The highest BCUT2D eigenvalue weighted by Gasteiger charge is 2.22. The van der Waals surface area contributed by atoms with E-state index in [9.17, 15) is 19.5 Å². The number of nitrogens with one attached hydrogen (secondary N) is 2. The summed E-state index contributed by atoms with van der Waals surface area (Å²) in [6, 6.07) is 4.91. The summed E-state index contributed by atoms with van der Waals surface area (Å²) >= 11 is 0. The van der Waals surface area contributed by atoms with Gasteiger partial charge in [-0.15, -0.1) is 0 Å². The van der Waals surface area contributed by atoms with E-state index in [4.69, 9.17) is 8.83 Å². The van der Waals surface area contributed by atoms with Gasteiger partial charge in [-0.3, -0.25) is 9.59 Å². The van der Waals surface area contributed by atoms with Gasteiger partial charge >= 0.3 is 0 Å². The number of aliphatic carboxylic acids is 1. The number of hydrogen-bond donors (Lipinski definition) is 2. The highest BCUT2D eigenvalue weighted by molar-refractivity contribution is 6.05. The van der Waals surface area contributed by atoms with E-state index in [1.54, 1.807) is 26.0 Å². The van der Waals surface area contributed by atoms with Crippen molar-refractivity contribution >= 4 is 23.9 Å². The van der Waals surface area contributed by atoms with Crippen LogP contribution < -0.4 is 15.7 Å². The normalized spacial score (nSPS) is 12.7. The molecule has 0 unspecified atom stereocenters. The Kier molecular flexibility index (Phi) is 5.78. The standard InChI is InChI=1S/C17H18N2O6/c1-10(2)14(17(22)23)19-15(20)12(9-11-5-3-7-24-11)18-16(21)13-6-4-8-25-13/h3-10,14H,1-2H3,(H,18,21)(H,19,20)(H,22,23)/p-1/b12-9+/t14-/m0/s1. The van der Waals surface area contributed by atoms with Gasteiger partial charge in [0.25, 0.3) is 11.8 Å². The zero-order valence-electron chi connectivity index (χ0n) is 13.6. The summed E-state index contributed by atoms with van der Waals surface area (Å²) in [6.45, 7) is 3.25. The van der Waals surface area contributed by atoms with E-state index in [-0.39, 0.29) is 11.5 Å². The number of hydrogen-bond acceptors (Lipinski definition) is 6. The maximum Gasteiger partial charge on any atom is 0.291 e. The van der Waals surface area contributed by atoms with Crippen molar-refractivity contribution in [3.63, 3.8) is 0 Å². The Labute approximate surface area is 143 Å². The van der Waals surface area contributed by atoms with Crippen LogP contribution in [-0.4, -0.2) is 23.8 Å². The minimum absolute atomic E-state index is 0.00143. The van der Waals surface area contributed by atoms with Gasteiger partial charge in [0, 0.05) is 6.08 Å². The van der Waals surface area contributed by atoms with Crippen LogP contribution in [0.1, 0.15) is 30.2 Å². The first-order valence-electron chi connectivity index (χ1n) is 7.50. The quantitative estimate of drug-likeness (QED) is 0.706. The van der Waals surface area contributed by atoms with Crippen molar-refractivity contribution in [1.82, 2.24) is 10.6 Å². The molecule has 2 rings (SSSR count). The molecule has 2 amide bonds. The predicted molar refractivity (Wildman–Crippen MR) is 84.6 cm³/mol. The molecule has 0 aliphatic rings. The van der Waals surface area contributed by atoms with Gasteiger partial charge in [0.1, 0.15) is 11.5 Å². The van der Waals surface area contributed by atoms with Crippen molar-refractivity contribution in [3.8, 4) is 0 Å². The van der Waals surface area contributed by atoms with Crippen molar-refractivity contribution in [2.75, 3.05) is 0 Å². The fraction of sp³-hybridized carbons (Fsp3) is 0.235. The summed E-state index contributed by atoms with van der Waals surface area (Å²) in [5.41, 5.74) is -0.191. The third kappa shape index (κ3) is 4.84. The molecule has 0 aromatic carbocycles.